The number of amides is 3. The fourth-order valence-electron chi connectivity index (χ4n) is 3.38. The molecule has 0 spiro atoms. The van der Waals surface area contributed by atoms with Crippen LogP contribution in [0.5, 0.6) is 0 Å². The zero-order valence-corrected chi connectivity index (χ0v) is 18.7. The van der Waals surface area contributed by atoms with Gasteiger partial charge >= 0.3 is 6.03 Å². The molecule has 1 fully saturated rings. The Morgan fingerprint density at radius 1 is 1.19 bits per heavy atom. The second-order valence-corrected chi connectivity index (χ2v) is 8.69. The molecule has 3 amide bonds. The van der Waals surface area contributed by atoms with Crippen LogP contribution < -0.4 is 21.3 Å². The summed E-state index contributed by atoms with van der Waals surface area (Å²) in [5.74, 6) is 1.14. The maximum atomic E-state index is 12.4. The number of morpholine rings is 1. The minimum Gasteiger partial charge on any atom is -0.372 e. The molecule has 8 nitrogen and oxygen atoms in total. The van der Waals surface area contributed by atoms with Gasteiger partial charge in [-0.25, -0.2) is 9.78 Å². The predicted octanol–water partition coefficient (Wildman–Crippen LogP) is 2.98. The maximum absolute atomic E-state index is 12.4. The lowest BCUT2D eigenvalue weighted by atomic mass is 10.2. The Labute approximate surface area is 186 Å². The molecule has 0 bridgehead atoms. The number of nitrogens with one attached hydrogen (secondary N) is 2. The minimum atomic E-state index is -0.340. The lowest BCUT2D eigenvalue weighted by molar-refractivity contribution is -0.117. The van der Waals surface area contributed by atoms with Crippen molar-refractivity contribution >= 4 is 35.2 Å². The summed E-state index contributed by atoms with van der Waals surface area (Å²) < 4.78 is 5.77. The lowest BCUT2D eigenvalue weighted by Crippen LogP contribution is -2.45. The zero-order valence-electron chi connectivity index (χ0n) is 17.8. The van der Waals surface area contributed by atoms with Gasteiger partial charge in [0.15, 0.2) is 0 Å². The van der Waals surface area contributed by atoms with Gasteiger partial charge in [-0.2, -0.15) is 0 Å². The van der Waals surface area contributed by atoms with E-state index in [9.17, 15) is 9.59 Å². The highest BCUT2D eigenvalue weighted by atomic mass is 32.2. The van der Waals surface area contributed by atoms with Crippen LogP contribution in [-0.4, -0.2) is 48.0 Å². The molecule has 1 aliphatic heterocycles. The van der Waals surface area contributed by atoms with Crippen molar-refractivity contribution in [2.24, 2.45) is 5.73 Å². The SMILES string of the molecule is CC1CN(c2ccc(CNC(=O)Nc3ccccc3SCCC(N)=O)cn2)CC(C)O1. The van der Waals surface area contributed by atoms with E-state index in [2.05, 4.69) is 34.4 Å². The van der Waals surface area contributed by atoms with E-state index in [1.807, 2.05) is 36.4 Å². The number of urea groups is 1. The molecule has 1 saturated heterocycles. The number of carbonyl (C=O) groups is 2. The lowest BCUT2D eigenvalue weighted by Gasteiger charge is -2.36. The van der Waals surface area contributed by atoms with Crippen molar-refractivity contribution in [3.05, 3.63) is 48.2 Å². The Bertz CT molecular complexity index is 883. The smallest absolute Gasteiger partial charge is 0.319 e. The molecular weight excluding hydrogens is 414 g/mol. The highest BCUT2D eigenvalue weighted by molar-refractivity contribution is 7.99. The van der Waals surface area contributed by atoms with Crippen LogP contribution in [0.4, 0.5) is 16.3 Å². The Hall–Kier alpha value is -2.78. The van der Waals surface area contributed by atoms with Crippen LogP contribution in [0.15, 0.2) is 47.5 Å². The number of benzene rings is 1. The number of para-hydroxylation sites is 1. The molecule has 31 heavy (non-hydrogen) atoms. The number of anilines is 2. The molecule has 0 saturated carbocycles. The minimum absolute atomic E-state index is 0.174. The van der Waals surface area contributed by atoms with Crippen LogP contribution in [0.1, 0.15) is 25.8 Å². The number of aromatic nitrogens is 1. The Kier molecular flexibility index (Phi) is 8.13. The van der Waals surface area contributed by atoms with Crippen molar-refractivity contribution < 1.29 is 14.3 Å². The number of primary amides is 1. The standard InChI is InChI=1S/C22H29N5O3S/c1-15-13-27(14-16(2)30-15)21-8-7-17(11-24-21)12-25-22(29)26-18-5-3-4-6-19(18)31-10-9-20(23)28/h3-8,11,15-16H,9-10,12-14H2,1-2H3,(H2,23,28)(H2,25,26,29). The largest absolute Gasteiger partial charge is 0.372 e. The van der Waals surface area contributed by atoms with E-state index in [1.165, 1.54) is 11.8 Å². The van der Waals surface area contributed by atoms with Crippen molar-refractivity contribution in [1.82, 2.24) is 10.3 Å². The summed E-state index contributed by atoms with van der Waals surface area (Å²) in [5.41, 5.74) is 6.80. The summed E-state index contributed by atoms with van der Waals surface area (Å²) in [6, 6.07) is 11.1. The van der Waals surface area contributed by atoms with Crippen molar-refractivity contribution in [3.8, 4) is 0 Å². The second-order valence-electron chi connectivity index (χ2n) is 7.56. The van der Waals surface area contributed by atoms with Crippen molar-refractivity contribution in [3.63, 3.8) is 0 Å². The molecule has 0 radical (unpaired) electrons. The number of thioether (sulfide) groups is 1. The fourth-order valence-corrected chi connectivity index (χ4v) is 4.35. The molecular formula is C22H29N5O3S. The number of pyridine rings is 1. The first-order chi connectivity index (χ1) is 14.9. The summed E-state index contributed by atoms with van der Waals surface area (Å²) in [4.78, 5) is 30.9. The van der Waals surface area contributed by atoms with Crippen LogP contribution in [0.25, 0.3) is 0 Å². The van der Waals surface area contributed by atoms with Crippen molar-refractivity contribution in [1.29, 1.82) is 0 Å². The van der Waals surface area contributed by atoms with Crippen LogP contribution in [0.3, 0.4) is 0 Å². The number of nitrogens with zero attached hydrogens (tertiary/aromatic N) is 2. The van der Waals surface area contributed by atoms with Crippen molar-refractivity contribution in [2.45, 2.75) is 43.9 Å². The van der Waals surface area contributed by atoms with Gasteiger partial charge in [0.1, 0.15) is 5.82 Å². The van der Waals surface area contributed by atoms with Gasteiger partial charge in [0.2, 0.25) is 5.91 Å². The molecule has 2 aromatic rings. The van der Waals surface area contributed by atoms with Gasteiger partial charge in [-0.1, -0.05) is 18.2 Å². The Morgan fingerprint density at radius 3 is 2.61 bits per heavy atom. The molecule has 2 unspecified atom stereocenters. The van der Waals surface area contributed by atoms with E-state index in [0.717, 1.165) is 29.4 Å². The van der Waals surface area contributed by atoms with Crippen molar-refractivity contribution in [2.75, 3.05) is 29.1 Å². The van der Waals surface area contributed by atoms with E-state index in [0.29, 0.717) is 18.0 Å². The number of nitrogens with two attached hydrogens (primary N) is 1. The van der Waals surface area contributed by atoms with Gasteiger partial charge in [0, 0.05) is 42.9 Å². The molecule has 0 aliphatic carbocycles. The van der Waals surface area contributed by atoms with Crippen LogP contribution in [0, 0.1) is 0 Å². The van der Waals surface area contributed by atoms with Gasteiger partial charge < -0.3 is 26.0 Å². The van der Waals surface area contributed by atoms with E-state index in [4.69, 9.17) is 10.5 Å². The van der Waals surface area contributed by atoms with Gasteiger partial charge in [0.25, 0.3) is 0 Å². The third-order valence-corrected chi connectivity index (χ3v) is 5.82. The first kappa shape index (κ1) is 22.9. The average molecular weight is 444 g/mol. The first-order valence-corrected chi connectivity index (χ1v) is 11.3. The molecule has 3 rings (SSSR count). The number of ether oxygens (including phenoxy) is 1. The predicted molar refractivity (Wildman–Crippen MR) is 123 cm³/mol. The Balaban J connectivity index is 1.50. The quantitative estimate of drug-likeness (QED) is 0.541. The van der Waals surface area contributed by atoms with E-state index in [1.54, 1.807) is 6.20 Å². The summed E-state index contributed by atoms with van der Waals surface area (Å²) in [6.45, 7) is 6.12. The number of hydrogen-bond donors (Lipinski definition) is 3. The molecule has 4 N–H and O–H groups in total. The highest BCUT2D eigenvalue weighted by Crippen LogP contribution is 2.27. The summed E-state index contributed by atoms with van der Waals surface area (Å²) in [5, 5.41) is 5.72. The normalized spacial score (nSPS) is 18.5. The third-order valence-electron chi connectivity index (χ3n) is 4.75. The summed E-state index contributed by atoms with van der Waals surface area (Å²) in [6.07, 6.45) is 2.42. The van der Waals surface area contributed by atoms with E-state index in [-0.39, 0.29) is 30.6 Å². The van der Waals surface area contributed by atoms with Crippen LogP contribution in [0.2, 0.25) is 0 Å². The van der Waals surface area contributed by atoms with Gasteiger partial charge in [-0.3, -0.25) is 4.79 Å². The van der Waals surface area contributed by atoms with Crippen LogP contribution in [-0.2, 0) is 16.1 Å². The third kappa shape index (κ3) is 7.15. The second kappa shape index (κ2) is 11.0. The zero-order chi connectivity index (χ0) is 22.2. The van der Waals surface area contributed by atoms with Gasteiger partial charge in [-0.05, 0) is 37.6 Å². The number of carbonyl (C=O) groups excluding carboxylic acids is 2. The molecule has 2 heterocycles. The number of hydrogen-bond acceptors (Lipinski definition) is 6. The first-order valence-electron chi connectivity index (χ1n) is 10.3. The fraction of sp³-hybridized carbons (Fsp3) is 0.409. The molecule has 166 valence electrons. The molecule has 1 aliphatic rings. The van der Waals surface area contributed by atoms with Crippen LogP contribution >= 0.6 is 11.8 Å². The molecule has 2 atom stereocenters. The summed E-state index contributed by atoms with van der Waals surface area (Å²) in [7, 11) is 0. The topological polar surface area (TPSA) is 110 Å². The average Bonchev–Trinajstić information content (AvgIpc) is 2.73. The summed E-state index contributed by atoms with van der Waals surface area (Å²) >= 11 is 1.48. The van der Waals surface area contributed by atoms with E-state index >= 15 is 0 Å². The maximum Gasteiger partial charge on any atom is 0.319 e. The van der Waals surface area contributed by atoms with E-state index < -0.39 is 0 Å². The molecule has 1 aromatic heterocycles. The Morgan fingerprint density at radius 2 is 1.94 bits per heavy atom. The van der Waals surface area contributed by atoms with Gasteiger partial charge in [0.05, 0.1) is 17.9 Å². The van der Waals surface area contributed by atoms with Gasteiger partial charge in [-0.15, -0.1) is 11.8 Å². The number of rotatable bonds is 8. The molecule has 1 aromatic carbocycles. The highest BCUT2D eigenvalue weighted by Gasteiger charge is 2.23. The molecule has 9 heteroatoms. The monoisotopic (exact) mass is 443 g/mol.